The summed E-state index contributed by atoms with van der Waals surface area (Å²) in [7, 11) is 1.79. The number of anilines is 1. The number of rotatable bonds is 4. The highest BCUT2D eigenvalue weighted by Gasteiger charge is 2.19. The maximum atomic E-state index is 5.87. The van der Waals surface area contributed by atoms with Gasteiger partial charge >= 0.3 is 0 Å². The molecule has 0 spiro atoms. The fourth-order valence-electron chi connectivity index (χ4n) is 2.58. The molecule has 1 aromatic rings. The molecule has 0 aromatic heterocycles. The third kappa shape index (κ3) is 3.24. The van der Waals surface area contributed by atoms with Crippen LogP contribution < -0.4 is 10.6 Å². The predicted octanol–water partition coefficient (Wildman–Crippen LogP) is 2.57. The average molecular weight is 248 g/mol. The molecule has 3 heteroatoms. The Morgan fingerprint density at radius 3 is 2.39 bits per heavy atom. The Morgan fingerprint density at radius 1 is 1.28 bits per heavy atom. The minimum Gasteiger partial charge on any atom is -0.384 e. The molecule has 0 unspecified atom stereocenters. The second kappa shape index (κ2) is 6.21. The minimum atomic E-state index is 0.117. The van der Waals surface area contributed by atoms with Crippen molar-refractivity contribution in [1.82, 2.24) is 0 Å². The zero-order valence-corrected chi connectivity index (χ0v) is 11.4. The van der Waals surface area contributed by atoms with Crippen LogP contribution in [0.25, 0.3) is 0 Å². The molecule has 0 amide bonds. The summed E-state index contributed by atoms with van der Waals surface area (Å²) in [5, 5.41) is 0. The second-order valence-corrected chi connectivity index (χ2v) is 5.27. The Hall–Kier alpha value is -1.06. The normalized spacial score (nSPS) is 18.9. The summed E-state index contributed by atoms with van der Waals surface area (Å²) in [6.07, 6.45) is 2.45. The molecule has 1 aliphatic rings. The number of hydrogen-bond acceptors (Lipinski definition) is 3. The maximum absolute atomic E-state index is 5.87. The van der Waals surface area contributed by atoms with Gasteiger partial charge in [0.15, 0.2) is 0 Å². The summed E-state index contributed by atoms with van der Waals surface area (Å²) in [5.41, 5.74) is 8.38. The second-order valence-electron chi connectivity index (χ2n) is 5.27. The van der Waals surface area contributed by atoms with Gasteiger partial charge in [-0.1, -0.05) is 12.1 Å². The lowest BCUT2D eigenvalue weighted by atomic mass is 9.97. The van der Waals surface area contributed by atoms with E-state index in [-0.39, 0.29) is 6.04 Å². The molecule has 0 saturated carbocycles. The summed E-state index contributed by atoms with van der Waals surface area (Å²) in [5.74, 6) is 0.731. The standard InChI is InChI=1S/C15H24N2O/c1-12(16)14-3-5-15(6-4-14)17-9-7-13(8-10-17)11-18-2/h3-6,12-13H,7-11,16H2,1-2H3/t12-/m1/s1. The summed E-state index contributed by atoms with van der Waals surface area (Å²) in [6, 6.07) is 8.78. The van der Waals surface area contributed by atoms with Gasteiger partial charge in [-0.2, -0.15) is 0 Å². The lowest BCUT2D eigenvalue weighted by Gasteiger charge is -2.33. The molecular formula is C15H24N2O. The lowest BCUT2D eigenvalue weighted by molar-refractivity contribution is 0.139. The predicted molar refractivity (Wildman–Crippen MR) is 75.9 cm³/mol. The van der Waals surface area contributed by atoms with Crippen LogP contribution in [0.5, 0.6) is 0 Å². The molecule has 1 fully saturated rings. The van der Waals surface area contributed by atoms with Gasteiger partial charge in [-0.15, -0.1) is 0 Å². The molecule has 2 rings (SSSR count). The monoisotopic (exact) mass is 248 g/mol. The molecule has 1 heterocycles. The zero-order valence-electron chi connectivity index (χ0n) is 11.4. The van der Waals surface area contributed by atoms with Crippen LogP contribution in [0, 0.1) is 5.92 Å². The van der Waals surface area contributed by atoms with Crippen LogP contribution in [-0.2, 0) is 4.74 Å². The largest absolute Gasteiger partial charge is 0.384 e. The van der Waals surface area contributed by atoms with Gasteiger partial charge in [0.1, 0.15) is 0 Å². The van der Waals surface area contributed by atoms with Crippen molar-refractivity contribution in [3.63, 3.8) is 0 Å². The number of benzene rings is 1. The molecule has 1 atom stereocenters. The minimum absolute atomic E-state index is 0.117. The van der Waals surface area contributed by atoms with Crippen molar-refractivity contribution < 1.29 is 4.74 Å². The van der Waals surface area contributed by atoms with Gasteiger partial charge < -0.3 is 15.4 Å². The molecule has 1 aromatic carbocycles. The van der Waals surface area contributed by atoms with E-state index in [2.05, 4.69) is 29.2 Å². The third-order valence-corrected chi connectivity index (χ3v) is 3.80. The van der Waals surface area contributed by atoms with E-state index in [9.17, 15) is 0 Å². The third-order valence-electron chi connectivity index (χ3n) is 3.80. The molecular weight excluding hydrogens is 224 g/mol. The van der Waals surface area contributed by atoms with E-state index in [0.29, 0.717) is 0 Å². The summed E-state index contributed by atoms with van der Waals surface area (Å²) in [6.45, 7) is 5.18. The number of ether oxygens (including phenoxy) is 1. The van der Waals surface area contributed by atoms with E-state index in [0.717, 1.165) is 25.6 Å². The number of nitrogens with zero attached hydrogens (tertiary/aromatic N) is 1. The number of piperidine rings is 1. The fraction of sp³-hybridized carbons (Fsp3) is 0.600. The van der Waals surface area contributed by atoms with Crippen molar-refractivity contribution in [2.75, 3.05) is 31.7 Å². The van der Waals surface area contributed by atoms with Crippen LogP contribution in [0.2, 0.25) is 0 Å². The van der Waals surface area contributed by atoms with Gasteiger partial charge in [0, 0.05) is 38.5 Å². The Balaban J connectivity index is 1.93. The van der Waals surface area contributed by atoms with Gasteiger partial charge in [0.25, 0.3) is 0 Å². The highest BCUT2D eigenvalue weighted by molar-refractivity contribution is 5.48. The highest BCUT2D eigenvalue weighted by Crippen LogP contribution is 2.24. The first kappa shape index (κ1) is 13.4. The molecule has 3 nitrogen and oxygen atoms in total. The smallest absolute Gasteiger partial charge is 0.0491 e. The summed E-state index contributed by atoms with van der Waals surface area (Å²) >= 11 is 0. The summed E-state index contributed by atoms with van der Waals surface area (Å²) < 4.78 is 5.23. The highest BCUT2D eigenvalue weighted by atomic mass is 16.5. The van der Waals surface area contributed by atoms with Gasteiger partial charge in [0.05, 0.1) is 0 Å². The quantitative estimate of drug-likeness (QED) is 0.890. The zero-order chi connectivity index (χ0) is 13.0. The molecule has 0 bridgehead atoms. The van der Waals surface area contributed by atoms with E-state index < -0.39 is 0 Å². The van der Waals surface area contributed by atoms with Crippen LogP contribution in [0.15, 0.2) is 24.3 Å². The molecule has 2 N–H and O–H groups in total. The van der Waals surface area contributed by atoms with Crippen LogP contribution >= 0.6 is 0 Å². The molecule has 18 heavy (non-hydrogen) atoms. The number of hydrogen-bond donors (Lipinski definition) is 1. The first-order valence-corrected chi connectivity index (χ1v) is 6.80. The number of methoxy groups -OCH3 is 1. The van der Waals surface area contributed by atoms with Crippen LogP contribution in [-0.4, -0.2) is 26.8 Å². The van der Waals surface area contributed by atoms with E-state index in [4.69, 9.17) is 10.5 Å². The summed E-state index contributed by atoms with van der Waals surface area (Å²) in [4.78, 5) is 2.46. The Bertz CT molecular complexity index is 353. The van der Waals surface area contributed by atoms with E-state index in [1.165, 1.54) is 24.1 Å². The van der Waals surface area contributed by atoms with Gasteiger partial charge in [0.2, 0.25) is 0 Å². The fourth-order valence-corrected chi connectivity index (χ4v) is 2.58. The van der Waals surface area contributed by atoms with Gasteiger partial charge in [-0.05, 0) is 43.4 Å². The number of nitrogens with two attached hydrogens (primary N) is 1. The van der Waals surface area contributed by atoms with Crippen molar-refractivity contribution in [1.29, 1.82) is 0 Å². The average Bonchev–Trinajstić information content (AvgIpc) is 2.40. The van der Waals surface area contributed by atoms with Crippen molar-refractivity contribution >= 4 is 5.69 Å². The van der Waals surface area contributed by atoms with Gasteiger partial charge in [-0.25, -0.2) is 0 Å². The molecule has 0 radical (unpaired) electrons. The first-order valence-electron chi connectivity index (χ1n) is 6.80. The van der Waals surface area contributed by atoms with Crippen molar-refractivity contribution in [2.24, 2.45) is 11.7 Å². The maximum Gasteiger partial charge on any atom is 0.0491 e. The van der Waals surface area contributed by atoms with Gasteiger partial charge in [-0.3, -0.25) is 0 Å². The van der Waals surface area contributed by atoms with Crippen LogP contribution in [0.3, 0.4) is 0 Å². The van der Waals surface area contributed by atoms with Crippen LogP contribution in [0.1, 0.15) is 31.4 Å². The van der Waals surface area contributed by atoms with Crippen molar-refractivity contribution in [2.45, 2.75) is 25.8 Å². The Kier molecular flexibility index (Phi) is 4.61. The lowest BCUT2D eigenvalue weighted by Crippen LogP contribution is -2.34. The van der Waals surface area contributed by atoms with E-state index >= 15 is 0 Å². The van der Waals surface area contributed by atoms with E-state index in [1.807, 2.05) is 6.92 Å². The van der Waals surface area contributed by atoms with Crippen molar-refractivity contribution in [3.05, 3.63) is 29.8 Å². The van der Waals surface area contributed by atoms with E-state index in [1.54, 1.807) is 7.11 Å². The SMILES string of the molecule is COCC1CCN(c2ccc([C@@H](C)N)cc2)CC1. The molecule has 100 valence electrons. The molecule has 0 aliphatic carbocycles. The van der Waals surface area contributed by atoms with Crippen LogP contribution in [0.4, 0.5) is 5.69 Å². The topological polar surface area (TPSA) is 38.5 Å². The molecule has 1 aliphatic heterocycles. The Labute approximate surface area is 110 Å². The van der Waals surface area contributed by atoms with Crippen molar-refractivity contribution in [3.8, 4) is 0 Å². The first-order chi connectivity index (χ1) is 8.70. The molecule has 1 saturated heterocycles. The Morgan fingerprint density at radius 2 is 1.89 bits per heavy atom.